The van der Waals surface area contributed by atoms with E-state index in [1.165, 1.54) is 98.7 Å². The number of nitrogens with zero attached hydrogens (tertiary/aromatic N) is 3. The summed E-state index contributed by atoms with van der Waals surface area (Å²) >= 11 is 1.74. The summed E-state index contributed by atoms with van der Waals surface area (Å²) in [5.41, 5.74) is 21.0. The first-order chi connectivity index (χ1) is 25.8. The quantitative estimate of drug-likeness (QED) is 0.183. The molecule has 0 N–H and O–H groups in total. The molecule has 2 aliphatic carbocycles. The van der Waals surface area contributed by atoms with E-state index >= 15 is 0 Å². The van der Waals surface area contributed by atoms with E-state index in [1.807, 2.05) is 5.51 Å². The molecule has 3 heterocycles. The molecule has 12 rings (SSSR count). The van der Waals surface area contributed by atoms with Gasteiger partial charge in [0.15, 0.2) is 0 Å². The number of hydrogen-bond acceptors (Lipinski definition) is 3. The Balaban J connectivity index is 1.13. The molecule has 0 amide bonds. The maximum absolute atomic E-state index is 4.84. The monoisotopic (exact) mass is 697 g/mol. The van der Waals surface area contributed by atoms with Gasteiger partial charge in [-0.2, -0.15) is 0 Å². The third-order valence-corrected chi connectivity index (χ3v) is 13.5. The highest BCUT2D eigenvalue weighted by molar-refractivity contribution is 7.18. The zero-order valence-corrected chi connectivity index (χ0v) is 30.8. The lowest BCUT2D eigenvalue weighted by Gasteiger charge is -2.30. The van der Waals surface area contributed by atoms with Crippen LogP contribution in [0.15, 0.2) is 139 Å². The topological polar surface area (TPSA) is 20.5 Å². The Kier molecular flexibility index (Phi) is 5.53. The lowest BCUT2D eigenvalue weighted by molar-refractivity contribution is 0.660. The van der Waals surface area contributed by atoms with Gasteiger partial charge in [0.25, 0.3) is 0 Å². The van der Waals surface area contributed by atoms with E-state index in [-0.39, 0.29) is 10.8 Å². The van der Waals surface area contributed by atoms with E-state index in [0.717, 1.165) is 11.2 Å². The smallest absolute Gasteiger partial charge is 0.0826 e. The van der Waals surface area contributed by atoms with Gasteiger partial charge in [0, 0.05) is 49.4 Å². The van der Waals surface area contributed by atoms with E-state index in [0.29, 0.717) is 0 Å². The third kappa shape index (κ3) is 3.67. The van der Waals surface area contributed by atoms with Crippen LogP contribution < -0.4 is 4.90 Å². The van der Waals surface area contributed by atoms with Crippen LogP contribution in [0, 0.1) is 0 Å². The second kappa shape index (κ2) is 9.91. The molecule has 0 aliphatic heterocycles. The lowest BCUT2D eigenvalue weighted by atomic mass is 9.82. The van der Waals surface area contributed by atoms with E-state index in [9.17, 15) is 0 Å². The highest BCUT2D eigenvalue weighted by atomic mass is 32.1. The van der Waals surface area contributed by atoms with Gasteiger partial charge in [-0.05, 0) is 99.1 Å². The molecule has 53 heavy (non-hydrogen) atoms. The molecule has 3 aromatic heterocycles. The Hall–Kier alpha value is -5.97. The van der Waals surface area contributed by atoms with Crippen molar-refractivity contribution in [2.45, 2.75) is 38.5 Å². The molecular weight excluding hydrogens is 663 g/mol. The predicted octanol–water partition coefficient (Wildman–Crippen LogP) is 13.5. The van der Waals surface area contributed by atoms with E-state index in [1.54, 1.807) is 11.3 Å². The number of fused-ring (bicyclic) bond motifs is 14. The number of benzene rings is 7. The molecule has 0 atom stereocenters. The molecule has 0 fully saturated rings. The number of rotatable bonds is 3. The second-order valence-electron chi connectivity index (χ2n) is 16.0. The van der Waals surface area contributed by atoms with Crippen LogP contribution >= 0.6 is 11.3 Å². The van der Waals surface area contributed by atoms with Crippen molar-refractivity contribution in [3.05, 3.63) is 161 Å². The average Bonchev–Trinajstić information content (AvgIpc) is 3.96. The number of thiazole rings is 1. The van der Waals surface area contributed by atoms with Crippen LogP contribution in [0.2, 0.25) is 0 Å². The van der Waals surface area contributed by atoms with Crippen molar-refractivity contribution >= 4 is 76.7 Å². The first-order valence-corrected chi connectivity index (χ1v) is 19.4. The molecule has 4 heteroatoms. The summed E-state index contributed by atoms with van der Waals surface area (Å²) in [6, 6.07) is 50.3. The largest absolute Gasteiger partial charge is 0.310 e. The minimum Gasteiger partial charge on any atom is -0.310 e. The minimum absolute atomic E-state index is 0.105. The first-order valence-electron chi connectivity index (χ1n) is 18.5. The standard InChI is InChI=1S/C49H35N3S/c1-48(2)38-14-8-5-11-31(38)33-20-17-29(24-40(33)48)51(30-18-21-34-32-12-6-9-15-39(32)49(3,4)41(34)25-30)28-19-22-44-36(23-28)37-26-42-47(53-27-50-42)45-35-13-7-10-16-43(35)52(44)46(37)45/h5-27H,1-4H3. The van der Waals surface area contributed by atoms with Crippen LogP contribution in [-0.2, 0) is 10.8 Å². The number of aromatic nitrogens is 2. The molecule has 3 nitrogen and oxygen atoms in total. The van der Waals surface area contributed by atoms with Crippen LogP contribution in [0.1, 0.15) is 49.9 Å². The zero-order valence-electron chi connectivity index (χ0n) is 30.0. The van der Waals surface area contributed by atoms with Crippen LogP contribution in [0.4, 0.5) is 17.1 Å². The minimum atomic E-state index is -0.105. The first kappa shape index (κ1) is 29.6. The fourth-order valence-corrected chi connectivity index (χ4v) is 10.9. The van der Waals surface area contributed by atoms with Crippen LogP contribution in [0.25, 0.3) is 70.6 Å². The summed E-state index contributed by atoms with van der Waals surface area (Å²) in [4.78, 5) is 7.33. The molecular formula is C49H35N3S. The van der Waals surface area contributed by atoms with Crippen LogP contribution in [-0.4, -0.2) is 9.38 Å². The fraction of sp³-hybridized carbons (Fsp3) is 0.122. The van der Waals surface area contributed by atoms with Gasteiger partial charge in [-0.25, -0.2) is 4.98 Å². The van der Waals surface area contributed by atoms with Gasteiger partial charge in [0.1, 0.15) is 0 Å². The summed E-state index contributed by atoms with van der Waals surface area (Å²) in [6.07, 6.45) is 0. The Morgan fingerprint density at radius 3 is 1.74 bits per heavy atom. The van der Waals surface area contributed by atoms with Crippen molar-refractivity contribution in [2.75, 3.05) is 4.90 Å². The molecule has 7 aromatic carbocycles. The predicted molar refractivity (Wildman–Crippen MR) is 224 cm³/mol. The van der Waals surface area contributed by atoms with Crippen molar-refractivity contribution in [2.24, 2.45) is 0 Å². The van der Waals surface area contributed by atoms with E-state index in [2.05, 4.69) is 170 Å². The summed E-state index contributed by atoms with van der Waals surface area (Å²) in [7, 11) is 0. The Morgan fingerprint density at radius 1 is 0.509 bits per heavy atom. The maximum Gasteiger partial charge on any atom is 0.0826 e. The van der Waals surface area contributed by atoms with E-state index < -0.39 is 0 Å². The van der Waals surface area contributed by atoms with Crippen molar-refractivity contribution < 1.29 is 0 Å². The molecule has 0 saturated carbocycles. The summed E-state index contributed by atoms with van der Waals surface area (Å²) < 4.78 is 3.74. The average molecular weight is 698 g/mol. The van der Waals surface area contributed by atoms with Crippen LogP contribution in [0.5, 0.6) is 0 Å². The Bertz CT molecular complexity index is 3090. The lowest BCUT2D eigenvalue weighted by Crippen LogP contribution is -2.18. The maximum atomic E-state index is 4.84. The van der Waals surface area contributed by atoms with Crippen molar-refractivity contribution in [3.8, 4) is 22.3 Å². The van der Waals surface area contributed by atoms with Crippen molar-refractivity contribution in [3.63, 3.8) is 0 Å². The molecule has 0 bridgehead atoms. The molecule has 0 saturated heterocycles. The van der Waals surface area contributed by atoms with Gasteiger partial charge in [-0.15, -0.1) is 11.3 Å². The summed E-state index contributed by atoms with van der Waals surface area (Å²) in [6.45, 7) is 9.48. The van der Waals surface area contributed by atoms with Gasteiger partial charge in [0.05, 0.1) is 32.3 Å². The van der Waals surface area contributed by atoms with Gasteiger partial charge in [0.2, 0.25) is 0 Å². The SMILES string of the molecule is CC1(C)c2ccccc2-c2ccc(N(c3ccc4c(c3)C(C)(C)c3ccccc3-4)c3ccc4c(c3)c3cc5ncsc5c5c6ccccc6n4c35)cc21. The number of anilines is 3. The molecule has 10 aromatic rings. The van der Waals surface area contributed by atoms with Crippen LogP contribution in [0.3, 0.4) is 0 Å². The van der Waals surface area contributed by atoms with Crippen molar-refractivity contribution in [1.29, 1.82) is 0 Å². The van der Waals surface area contributed by atoms with Gasteiger partial charge >= 0.3 is 0 Å². The normalized spacial score (nSPS) is 15.1. The van der Waals surface area contributed by atoms with Gasteiger partial charge < -0.3 is 9.30 Å². The molecule has 2 aliphatic rings. The zero-order chi connectivity index (χ0) is 35.4. The highest BCUT2D eigenvalue weighted by Gasteiger charge is 2.38. The highest BCUT2D eigenvalue weighted by Crippen LogP contribution is 2.53. The summed E-state index contributed by atoms with van der Waals surface area (Å²) in [5.74, 6) is 0. The third-order valence-electron chi connectivity index (χ3n) is 12.7. The van der Waals surface area contributed by atoms with Crippen molar-refractivity contribution in [1.82, 2.24) is 9.38 Å². The Labute approximate surface area is 311 Å². The summed E-state index contributed by atoms with van der Waals surface area (Å²) in [5, 5.41) is 5.10. The van der Waals surface area contributed by atoms with Gasteiger partial charge in [-0.3, -0.25) is 0 Å². The fourth-order valence-electron chi connectivity index (χ4n) is 10.1. The molecule has 0 radical (unpaired) electrons. The number of para-hydroxylation sites is 1. The molecule has 252 valence electrons. The number of hydrogen-bond donors (Lipinski definition) is 0. The molecule has 0 spiro atoms. The second-order valence-corrected chi connectivity index (χ2v) is 16.9. The van der Waals surface area contributed by atoms with Gasteiger partial charge in [-0.1, -0.05) is 107 Å². The molecule has 0 unspecified atom stereocenters. The Morgan fingerprint density at radius 2 is 1.06 bits per heavy atom. The van der Waals surface area contributed by atoms with E-state index in [4.69, 9.17) is 4.98 Å².